The Morgan fingerprint density at radius 2 is 1.21 bits per heavy atom. The van der Waals surface area contributed by atoms with Crippen molar-refractivity contribution in [2.75, 3.05) is 6.61 Å². The average molecular weight is 615 g/mol. The molecule has 4 nitrogen and oxygen atoms in total. The topological polar surface area (TPSA) is 55.2 Å². The van der Waals surface area contributed by atoms with Crippen LogP contribution in [-0.4, -0.2) is 21.7 Å². The van der Waals surface area contributed by atoms with E-state index in [1.54, 1.807) is 6.07 Å². The fourth-order valence-corrected chi connectivity index (χ4v) is 7.79. The molecule has 0 fully saturated rings. The molecular weight excluding hydrogens is 576 g/mol. The van der Waals surface area contributed by atoms with Crippen LogP contribution in [0.3, 0.4) is 0 Å². The largest absolute Gasteiger partial charge is 0.507 e. The van der Waals surface area contributed by atoms with Crippen molar-refractivity contribution in [3.05, 3.63) is 144 Å². The van der Waals surface area contributed by atoms with E-state index < -0.39 is 0 Å². The monoisotopic (exact) mass is 614 g/mol. The summed E-state index contributed by atoms with van der Waals surface area (Å²) in [4.78, 5) is 9.82. The molecule has 5 aromatic carbocycles. The highest BCUT2D eigenvalue weighted by Gasteiger charge is 2.51. The number of rotatable bonds is 9. The summed E-state index contributed by atoms with van der Waals surface area (Å²) >= 11 is 0. The number of hydrogen-bond donors (Lipinski definition) is 1. The van der Waals surface area contributed by atoms with E-state index in [-0.39, 0.29) is 11.2 Å². The molecule has 0 bridgehead atoms. The van der Waals surface area contributed by atoms with E-state index in [0.29, 0.717) is 29.8 Å². The molecule has 0 radical (unpaired) electrons. The normalized spacial score (nSPS) is 13.9. The molecule has 1 aromatic heterocycles. The number of phenolic OH excluding ortho intramolecular Hbond substituents is 1. The van der Waals surface area contributed by atoms with Crippen LogP contribution >= 0.6 is 0 Å². The maximum atomic E-state index is 10.8. The summed E-state index contributed by atoms with van der Waals surface area (Å²) in [5.74, 6) is 1.59. The highest BCUT2D eigenvalue weighted by Crippen LogP contribution is 2.62. The lowest BCUT2D eigenvalue weighted by Gasteiger charge is -2.30. The minimum Gasteiger partial charge on any atom is -0.507 e. The van der Waals surface area contributed by atoms with Gasteiger partial charge in [0.15, 0.2) is 5.82 Å². The van der Waals surface area contributed by atoms with Crippen molar-refractivity contribution in [2.45, 2.75) is 44.9 Å². The van der Waals surface area contributed by atoms with Crippen molar-refractivity contribution < 1.29 is 9.84 Å². The average Bonchev–Trinajstić information content (AvgIpc) is 3.59. The van der Waals surface area contributed by atoms with Crippen molar-refractivity contribution in [3.63, 3.8) is 0 Å². The van der Waals surface area contributed by atoms with Gasteiger partial charge in [0.25, 0.3) is 0 Å². The Morgan fingerprint density at radius 1 is 0.638 bits per heavy atom. The molecule has 6 aromatic rings. The molecule has 2 aliphatic rings. The van der Waals surface area contributed by atoms with Gasteiger partial charge in [0.1, 0.15) is 5.75 Å². The standard InChI is InChI=1S/C43H38N2O2/c1-3-5-14-28(4-2)27-47-41-26-39(44-42(45-41)33-18-9-13-22-40(33)46)29-23-24-38-34(25-29)32-17-8-12-21-37(32)43(38)35-19-10-6-15-30(35)31-16-7-11-20-36(31)43/h6-13,15-26,28,46H,3-5,14,27H2,1-2H3. The second-order valence-corrected chi connectivity index (χ2v) is 12.8. The third-order valence-electron chi connectivity index (χ3n) is 10.2. The van der Waals surface area contributed by atoms with Crippen LogP contribution in [0, 0.1) is 5.92 Å². The number of para-hydroxylation sites is 1. The Labute approximate surface area is 276 Å². The molecular formula is C43H38N2O2. The number of aromatic hydroxyl groups is 1. The van der Waals surface area contributed by atoms with Gasteiger partial charge in [-0.2, -0.15) is 4.98 Å². The van der Waals surface area contributed by atoms with Gasteiger partial charge in [-0.1, -0.05) is 130 Å². The van der Waals surface area contributed by atoms with Gasteiger partial charge in [-0.05, 0) is 75.0 Å². The molecule has 1 unspecified atom stereocenters. The van der Waals surface area contributed by atoms with E-state index in [9.17, 15) is 5.11 Å². The van der Waals surface area contributed by atoms with Crippen LogP contribution < -0.4 is 4.74 Å². The van der Waals surface area contributed by atoms with E-state index in [4.69, 9.17) is 14.7 Å². The van der Waals surface area contributed by atoms with Gasteiger partial charge in [0.05, 0.1) is 23.3 Å². The van der Waals surface area contributed by atoms with Gasteiger partial charge in [0, 0.05) is 11.6 Å². The highest BCUT2D eigenvalue weighted by molar-refractivity contribution is 5.95. The smallest absolute Gasteiger partial charge is 0.217 e. The number of ether oxygens (including phenoxy) is 1. The van der Waals surface area contributed by atoms with Crippen molar-refractivity contribution >= 4 is 0 Å². The predicted molar refractivity (Wildman–Crippen MR) is 190 cm³/mol. The number of hydrogen-bond acceptors (Lipinski definition) is 4. The first kappa shape index (κ1) is 29.2. The van der Waals surface area contributed by atoms with E-state index in [2.05, 4.69) is 105 Å². The van der Waals surface area contributed by atoms with Crippen molar-refractivity contribution in [1.29, 1.82) is 0 Å². The van der Waals surface area contributed by atoms with Crippen molar-refractivity contribution in [3.8, 4) is 56.5 Å². The Balaban J connectivity index is 1.28. The maximum Gasteiger partial charge on any atom is 0.217 e. The Morgan fingerprint density at radius 3 is 1.83 bits per heavy atom. The third kappa shape index (κ3) is 4.66. The second kappa shape index (κ2) is 11.9. The number of benzene rings is 5. The van der Waals surface area contributed by atoms with E-state index in [1.807, 2.05) is 24.3 Å². The Bertz CT molecular complexity index is 2070. The molecule has 47 heavy (non-hydrogen) atoms. The summed E-state index contributed by atoms with van der Waals surface area (Å²) in [6.45, 7) is 5.05. The van der Waals surface area contributed by atoms with Crippen LogP contribution in [0.5, 0.6) is 11.6 Å². The molecule has 0 saturated heterocycles. The van der Waals surface area contributed by atoms with Crippen molar-refractivity contribution in [2.24, 2.45) is 5.92 Å². The van der Waals surface area contributed by atoms with E-state index in [0.717, 1.165) is 24.1 Å². The SMILES string of the molecule is CCCCC(CC)COc1cc(-c2ccc3c(c2)-c2ccccc2C32c3ccccc3-c3ccccc32)nc(-c2ccccc2O)n1. The third-order valence-corrected chi connectivity index (χ3v) is 10.2. The van der Waals surface area contributed by atoms with Crippen LogP contribution in [0.15, 0.2) is 121 Å². The van der Waals surface area contributed by atoms with Gasteiger partial charge < -0.3 is 9.84 Å². The fraction of sp³-hybridized carbons (Fsp3) is 0.209. The highest BCUT2D eigenvalue weighted by atomic mass is 16.5. The van der Waals surface area contributed by atoms with Crippen molar-refractivity contribution in [1.82, 2.24) is 9.97 Å². The molecule has 1 spiro atoms. The number of unbranched alkanes of at least 4 members (excludes halogenated alkanes) is 1. The lowest BCUT2D eigenvalue weighted by atomic mass is 9.70. The Kier molecular flexibility index (Phi) is 7.37. The van der Waals surface area contributed by atoms with Gasteiger partial charge in [-0.15, -0.1) is 0 Å². The molecule has 0 saturated carbocycles. The molecule has 2 aliphatic carbocycles. The summed E-state index contributed by atoms with van der Waals surface area (Å²) < 4.78 is 6.39. The number of phenols is 1. The van der Waals surface area contributed by atoms with Crippen LogP contribution in [0.2, 0.25) is 0 Å². The zero-order chi connectivity index (χ0) is 32.0. The summed E-state index contributed by atoms with van der Waals surface area (Å²) in [6, 6.07) is 42.5. The summed E-state index contributed by atoms with van der Waals surface area (Å²) in [6.07, 6.45) is 4.55. The second-order valence-electron chi connectivity index (χ2n) is 12.8. The van der Waals surface area contributed by atoms with E-state index >= 15 is 0 Å². The lowest BCUT2D eigenvalue weighted by Crippen LogP contribution is -2.25. The zero-order valence-corrected chi connectivity index (χ0v) is 26.9. The summed E-state index contributed by atoms with van der Waals surface area (Å²) in [5, 5.41) is 10.8. The molecule has 1 heterocycles. The first-order valence-electron chi connectivity index (χ1n) is 16.9. The first-order valence-corrected chi connectivity index (χ1v) is 16.9. The number of aromatic nitrogens is 2. The van der Waals surface area contributed by atoms with E-state index in [1.165, 1.54) is 57.3 Å². The van der Waals surface area contributed by atoms with Crippen LogP contribution in [0.1, 0.15) is 61.8 Å². The maximum absolute atomic E-state index is 10.8. The molecule has 0 amide bonds. The number of nitrogens with zero attached hydrogens (tertiary/aromatic N) is 2. The van der Waals surface area contributed by atoms with Gasteiger partial charge in [0.2, 0.25) is 5.88 Å². The summed E-state index contributed by atoms with van der Waals surface area (Å²) in [7, 11) is 0. The zero-order valence-electron chi connectivity index (χ0n) is 26.9. The minimum atomic E-state index is -0.383. The van der Waals surface area contributed by atoms with Gasteiger partial charge in [-0.25, -0.2) is 4.98 Å². The predicted octanol–water partition coefficient (Wildman–Crippen LogP) is 10.5. The molecule has 232 valence electrons. The summed E-state index contributed by atoms with van der Waals surface area (Å²) in [5.41, 5.74) is 12.2. The van der Waals surface area contributed by atoms with Crippen LogP contribution in [-0.2, 0) is 5.41 Å². The molecule has 1 atom stereocenters. The van der Waals surface area contributed by atoms with Crippen LogP contribution in [0.4, 0.5) is 0 Å². The Hall–Kier alpha value is -5.22. The fourth-order valence-electron chi connectivity index (χ4n) is 7.79. The molecule has 4 heteroatoms. The quantitative estimate of drug-likeness (QED) is 0.176. The first-order chi connectivity index (χ1) is 23.1. The molecule has 1 N–H and O–H groups in total. The number of fused-ring (bicyclic) bond motifs is 10. The molecule has 0 aliphatic heterocycles. The minimum absolute atomic E-state index is 0.147. The van der Waals surface area contributed by atoms with Crippen LogP contribution in [0.25, 0.3) is 44.9 Å². The van der Waals surface area contributed by atoms with Gasteiger partial charge in [-0.3, -0.25) is 0 Å². The van der Waals surface area contributed by atoms with Gasteiger partial charge >= 0.3 is 0 Å². The lowest BCUT2D eigenvalue weighted by molar-refractivity contribution is 0.226. The molecule has 8 rings (SSSR count).